The van der Waals surface area contributed by atoms with Crippen LogP contribution in [-0.2, 0) is 11.2 Å². The van der Waals surface area contributed by atoms with Crippen molar-refractivity contribution in [1.29, 1.82) is 0 Å². The molecule has 2 amide bonds. The molecule has 0 aliphatic carbocycles. The van der Waals surface area contributed by atoms with Gasteiger partial charge in [-0.25, -0.2) is 0 Å². The van der Waals surface area contributed by atoms with Crippen LogP contribution in [-0.4, -0.2) is 62.0 Å². The number of hydrogen-bond acceptors (Lipinski definition) is 4. The highest BCUT2D eigenvalue weighted by molar-refractivity contribution is 5.94. The first kappa shape index (κ1) is 19.7. The van der Waals surface area contributed by atoms with Crippen LogP contribution >= 0.6 is 0 Å². The number of carbonyl (C=O) groups is 2. The minimum Gasteiger partial charge on any atom is -0.497 e. The van der Waals surface area contributed by atoms with Gasteiger partial charge in [0.15, 0.2) is 0 Å². The Labute approximate surface area is 165 Å². The summed E-state index contributed by atoms with van der Waals surface area (Å²) in [5.41, 5.74) is 1.64. The number of carbonyl (C=O) groups excluding carboxylic acids is 2. The molecule has 148 valence electrons. The molecule has 1 heterocycles. The van der Waals surface area contributed by atoms with Crippen molar-refractivity contribution < 1.29 is 19.1 Å². The van der Waals surface area contributed by atoms with Gasteiger partial charge in [0.2, 0.25) is 5.91 Å². The monoisotopic (exact) mass is 382 g/mol. The number of aryl methyl sites for hydroxylation is 1. The first-order chi connectivity index (χ1) is 13.6. The van der Waals surface area contributed by atoms with Gasteiger partial charge in [0.1, 0.15) is 11.5 Å². The summed E-state index contributed by atoms with van der Waals surface area (Å²) in [4.78, 5) is 28.8. The average molecular weight is 382 g/mol. The van der Waals surface area contributed by atoms with E-state index in [4.69, 9.17) is 9.47 Å². The van der Waals surface area contributed by atoms with Crippen LogP contribution in [0.25, 0.3) is 0 Å². The predicted molar refractivity (Wildman–Crippen MR) is 107 cm³/mol. The third kappa shape index (κ3) is 4.63. The number of benzene rings is 2. The Bertz CT molecular complexity index is 815. The molecule has 0 aromatic heterocycles. The number of piperazine rings is 1. The quantitative estimate of drug-likeness (QED) is 0.771. The van der Waals surface area contributed by atoms with Crippen LogP contribution in [0.15, 0.2) is 48.5 Å². The fraction of sp³-hybridized carbons (Fsp3) is 0.364. The first-order valence-electron chi connectivity index (χ1n) is 9.45. The van der Waals surface area contributed by atoms with Crippen molar-refractivity contribution in [2.45, 2.75) is 12.8 Å². The highest BCUT2D eigenvalue weighted by atomic mass is 16.5. The van der Waals surface area contributed by atoms with E-state index in [0.29, 0.717) is 44.6 Å². The summed E-state index contributed by atoms with van der Waals surface area (Å²) in [6.45, 7) is 2.24. The number of rotatable bonds is 6. The van der Waals surface area contributed by atoms with E-state index in [1.807, 2.05) is 58.3 Å². The van der Waals surface area contributed by atoms with Gasteiger partial charge in [-0.3, -0.25) is 9.59 Å². The lowest BCUT2D eigenvalue weighted by atomic mass is 10.1. The number of hydrogen-bond donors (Lipinski definition) is 0. The fourth-order valence-corrected chi connectivity index (χ4v) is 3.40. The van der Waals surface area contributed by atoms with Crippen LogP contribution in [0.4, 0.5) is 0 Å². The summed E-state index contributed by atoms with van der Waals surface area (Å²) in [6, 6.07) is 14.9. The molecule has 0 atom stereocenters. The number of nitrogens with zero attached hydrogens (tertiary/aromatic N) is 2. The Kier molecular flexibility index (Phi) is 6.53. The Balaban J connectivity index is 1.52. The van der Waals surface area contributed by atoms with Crippen molar-refractivity contribution in [1.82, 2.24) is 9.80 Å². The highest BCUT2D eigenvalue weighted by Crippen LogP contribution is 2.25. The van der Waals surface area contributed by atoms with Gasteiger partial charge in [-0.1, -0.05) is 18.2 Å². The van der Waals surface area contributed by atoms with Crippen molar-refractivity contribution >= 4 is 11.8 Å². The van der Waals surface area contributed by atoms with Crippen LogP contribution in [0.5, 0.6) is 11.5 Å². The Morgan fingerprint density at radius 1 is 0.893 bits per heavy atom. The lowest BCUT2D eigenvalue weighted by molar-refractivity contribution is -0.132. The standard InChI is InChI=1S/C22H26N2O4/c1-27-19-9-10-20(28-2)18(16-19)8-11-21(25)23-12-14-24(15-13-23)22(26)17-6-4-3-5-7-17/h3-7,9-10,16H,8,11-15H2,1-2H3. The third-order valence-corrected chi connectivity index (χ3v) is 5.04. The van der Waals surface area contributed by atoms with E-state index in [1.54, 1.807) is 14.2 Å². The third-order valence-electron chi connectivity index (χ3n) is 5.04. The normalized spacial score (nSPS) is 13.9. The number of ether oxygens (including phenoxy) is 2. The summed E-state index contributed by atoms with van der Waals surface area (Å²) < 4.78 is 10.6. The van der Waals surface area contributed by atoms with Crippen molar-refractivity contribution in [3.05, 3.63) is 59.7 Å². The zero-order valence-corrected chi connectivity index (χ0v) is 16.4. The van der Waals surface area contributed by atoms with E-state index in [1.165, 1.54) is 0 Å². The zero-order chi connectivity index (χ0) is 19.9. The lowest BCUT2D eigenvalue weighted by Crippen LogP contribution is -2.50. The van der Waals surface area contributed by atoms with Gasteiger partial charge in [-0.2, -0.15) is 0 Å². The van der Waals surface area contributed by atoms with Crippen LogP contribution in [0.3, 0.4) is 0 Å². The van der Waals surface area contributed by atoms with Crippen LogP contribution in [0.2, 0.25) is 0 Å². The zero-order valence-electron chi connectivity index (χ0n) is 16.4. The van der Waals surface area contributed by atoms with Gasteiger partial charge in [0.25, 0.3) is 5.91 Å². The van der Waals surface area contributed by atoms with E-state index >= 15 is 0 Å². The summed E-state index contributed by atoms with van der Waals surface area (Å²) >= 11 is 0. The van der Waals surface area contributed by atoms with Crippen LogP contribution in [0, 0.1) is 0 Å². The Morgan fingerprint density at radius 2 is 1.57 bits per heavy atom. The molecule has 6 nitrogen and oxygen atoms in total. The molecule has 2 aromatic rings. The Hall–Kier alpha value is -3.02. The topological polar surface area (TPSA) is 59.1 Å². The molecule has 0 saturated carbocycles. The molecular weight excluding hydrogens is 356 g/mol. The molecule has 6 heteroatoms. The second-order valence-corrected chi connectivity index (χ2v) is 6.72. The predicted octanol–water partition coefficient (Wildman–Crippen LogP) is 2.62. The molecule has 1 aliphatic rings. The van der Waals surface area contributed by atoms with E-state index in [-0.39, 0.29) is 11.8 Å². The molecule has 3 rings (SSSR count). The van der Waals surface area contributed by atoms with Crippen LogP contribution in [0.1, 0.15) is 22.3 Å². The maximum absolute atomic E-state index is 12.6. The molecule has 28 heavy (non-hydrogen) atoms. The molecule has 2 aromatic carbocycles. The minimum absolute atomic E-state index is 0.0221. The summed E-state index contributed by atoms with van der Waals surface area (Å²) in [6.07, 6.45) is 0.985. The molecule has 0 radical (unpaired) electrons. The number of amides is 2. The fourth-order valence-electron chi connectivity index (χ4n) is 3.40. The van der Waals surface area contributed by atoms with Crippen molar-refractivity contribution in [2.75, 3.05) is 40.4 Å². The second kappa shape index (κ2) is 9.26. The molecule has 1 fully saturated rings. The van der Waals surface area contributed by atoms with E-state index in [0.717, 1.165) is 17.1 Å². The Morgan fingerprint density at radius 3 is 2.21 bits per heavy atom. The maximum Gasteiger partial charge on any atom is 0.253 e. The summed E-state index contributed by atoms with van der Waals surface area (Å²) in [5, 5.41) is 0. The molecule has 1 aliphatic heterocycles. The van der Waals surface area contributed by atoms with Crippen LogP contribution < -0.4 is 9.47 Å². The minimum atomic E-state index is 0.0221. The summed E-state index contributed by atoms with van der Waals surface area (Å²) in [7, 11) is 3.24. The summed E-state index contributed by atoms with van der Waals surface area (Å²) in [5.74, 6) is 1.62. The van der Waals surface area contributed by atoms with E-state index in [2.05, 4.69) is 0 Å². The number of methoxy groups -OCH3 is 2. The lowest BCUT2D eigenvalue weighted by Gasteiger charge is -2.35. The van der Waals surface area contributed by atoms with Crippen molar-refractivity contribution in [3.63, 3.8) is 0 Å². The van der Waals surface area contributed by atoms with Crippen molar-refractivity contribution in [3.8, 4) is 11.5 Å². The smallest absolute Gasteiger partial charge is 0.253 e. The largest absolute Gasteiger partial charge is 0.497 e. The molecule has 0 unspecified atom stereocenters. The molecule has 0 bridgehead atoms. The van der Waals surface area contributed by atoms with E-state index in [9.17, 15) is 9.59 Å². The van der Waals surface area contributed by atoms with Gasteiger partial charge >= 0.3 is 0 Å². The van der Waals surface area contributed by atoms with Gasteiger partial charge in [-0.05, 0) is 42.3 Å². The molecular formula is C22H26N2O4. The SMILES string of the molecule is COc1ccc(OC)c(CCC(=O)N2CCN(C(=O)c3ccccc3)CC2)c1. The average Bonchev–Trinajstić information content (AvgIpc) is 2.77. The van der Waals surface area contributed by atoms with E-state index < -0.39 is 0 Å². The molecule has 0 spiro atoms. The molecule has 0 N–H and O–H groups in total. The van der Waals surface area contributed by atoms with Gasteiger partial charge in [-0.15, -0.1) is 0 Å². The highest BCUT2D eigenvalue weighted by Gasteiger charge is 2.24. The van der Waals surface area contributed by atoms with Crippen molar-refractivity contribution in [2.24, 2.45) is 0 Å². The second-order valence-electron chi connectivity index (χ2n) is 6.72. The molecule has 1 saturated heterocycles. The van der Waals surface area contributed by atoms with Gasteiger partial charge in [0.05, 0.1) is 14.2 Å². The maximum atomic E-state index is 12.6. The van der Waals surface area contributed by atoms with Gasteiger partial charge < -0.3 is 19.3 Å². The van der Waals surface area contributed by atoms with Gasteiger partial charge in [0, 0.05) is 38.2 Å². The first-order valence-corrected chi connectivity index (χ1v) is 9.45.